The average Bonchev–Trinajstić information content (AvgIpc) is 3.26. The smallest absolute Gasteiger partial charge is 0.306 e. The number of hydrogen-bond donors (Lipinski definition) is 0. The monoisotopic (exact) mass is 877 g/mol. The normalized spacial score (nSPS) is 12.0. The van der Waals surface area contributed by atoms with E-state index in [1.54, 1.807) is 0 Å². The van der Waals surface area contributed by atoms with Crippen molar-refractivity contribution in [2.45, 2.75) is 323 Å². The van der Waals surface area contributed by atoms with Gasteiger partial charge in [-0.1, -0.05) is 278 Å². The first-order valence-electron chi connectivity index (χ1n) is 27.9. The maximum Gasteiger partial charge on any atom is 0.306 e. The fraction of sp³-hybridized carbons (Fsp3) is 0.946. The Bertz CT molecular complexity index is 933. The second kappa shape index (κ2) is 50.4. The van der Waals surface area contributed by atoms with Crippen molar-refractivity contribution >= 4 is 17.9 Å². The third kappa shape index (κ3) is 49.4. The van der Waals surface area contributed by atoms with Gasteiger partial charge < -0.3 is 14.2 Å². The lowest BCUT2D eigenvalue weighted by atomic mass is 10.0. The van der Waals surface area contributed by atoms with Gasteiger partial charge in [-0.2, -0.15) is 0 Å². The molecule has 0 aromatic heterocycles. The minimum atomic E-state index is -0.761. The quantitative estimate of drug-likeness (QED) is 0.0344. The van der Waals surface area contributed by atoms with Crippen LogP contribution in [0.25, 0.3) is 0 Å². The molecule has 0 aliphatic heterocycles. The van der Waals surface area contributed by atoms with Gasteiger partial charge in [0.05, 0.1) is 0 Å². The van der Waals surface area contributed by atoms with Crippen LogP contribution in [-0.2, 0) is 28.6 Å². The van der Waals surface area contributed by atoms with Crippen molar-refractivity contribution in [2.75, 3.05) is 13.2 Å². The first-order valence-corrected chi connectivity index (χ1v) is 27.9. The summed E-state index contributed by atoms with van der Waals surface area (Å²) in [5.41, 5.74) is 0. The van der Waals surface area contributed by atoms with Gasteiger partial charge in [0.15, 0.2) is 6.10 Å². The van der Waals surface area contributed by atoms with Gasteiger partial charge in [-0.15, -0.1) is 0 Å². The molecule has 0 aromatic carbocycles. The summed E-state index contributed by atoms with van der Waals surface area (Å²) in [6.07, 6.45) is 53.7. The molecular formula is C56H108O6. The molecule has 0 aliphatic carbocycles. The molecule has 0 fully saturated rings. The number of carbonyl (C=O) groups is 3. The molecule has 0 unspecified atom stereocenters. The average molecular weight is 877 g/mol. The Labute approximate surface area is 387 Å². The summed E-state index contributed by atoms with van der Waals surface area (Å²) < 4.78 is 16.9. The highest BCUT2D eigenvalue weighted by Crippen LogP contribution is 2.18. The van der Waals surface area contributed by atoms with Crippen molar-refractivity contribution in [1.82, 2.24) is 0 Å². The van der Waals surface area contributed by atoms with E-state index in [1.807, 2.05) is 0 Å². The lowest BCUT2D eigenvalue weighted by Gasteiger charge is -2.18. The molecule has 0 radical (unpaired) electrons. The predicted molar refractivity (Wildman–Crippen MR) is 266 cm³/mol. The molecule has 368 valence electrons. The van der Waals surface area contributed by atoms with Crippen molar-refractivity contribution in [2.24, 2.45) is 5.92 Å². The molecule has 6 nitrogen and oxygen atoms in total. The molecule has 0 bridgehead atoms. The van der Waals surface area contributed by atoms with Crippen LogP contribution in [0.3, 0.4) is 0 Å². The number of hydrogen-bond acceptors (Lipinski definition) is 6. The van der Waals surface area contributed by atoms with E-state index in [9.17, 15) is 14.4 Å². The summed E-state index contributed by atoms with van der Waals surface area (Å²) in [6, 6.07) is 0. The standard InChI is InChI=1S/C56H108O6/c1-5-7-9-11-13-15-17-19-20-24-28-32-36-40-44-48-55(58)61-51-53(50-60-54(57)47-43-39-35-31-27-22-18-16-14-12-10-8-6-2)62-56(59)49-45-41-37-33-29-25-21-23-26-30-34-38-42-46-52(3)4/h52-53H,5-51H2,1-4H3/t53-/m1/s1. The highest BCUT2D eigenvalue weighted by atomic mass is 16.6. The summed E-state index contributed by atoms with van der Waals surface area (Å²) in [5, 5.41) is 0. The first kappa shape index (κ1) is 60.4. The lowest BCUT2D eigenvalue weighted by molar-refractivity contribution is -0.167. The van der Waals surface area contributed by atoms with Crippen LogP contribution in [0.15, 0.2) is 0 Å². The molecule has 0 saturated carbocycles. The largest absolute Gasteiger partial charge is 0.462 e. The molecule has 0 N–H and O–H groups in total. The van der Waals surface area contributed by atoms with Crippen LogP contribution >= 0.6 is 0 Å². The zero-order chi connectivity index (χ0) is 45.2. The van der Waals surface area contributed by atoms with Gasteiger partial charge in [0, 0.05) is 19.3 Å². The van der Waals surface area contributed by atoms with Gasteiger partial charge in [0.25, 0.3) is 0 Å². The molecule has 0 rings (SSSR count). The summed E-state index contributed by atoms with van der Waals surface area (Å²) in [5.74, 6) is 0.000588. The Morgan fingerprint density at radius 1 is 0.306 bits per heavy atom. The van der Waals surface area contributed by atoms with Gasteiger partial charge in [-0.25, -0.2) is 0 Å². The Hall–Kier alpha value is -1.59. The Balaban J connectivity index is 4.30. The molecule has 0 saturated heterocycles. The number of esters is 3. The molecular weight excluding hydrogens is 769 g/mol. The van der Waals surface area contributed by atoms with Crippen LogP contribution in [0.4, 0.5) is 0 Å². The summed E-state index contributed by atoms with van der Waals surface area (Å²) in [6.45, 7) is 9.05. The van der Waals surface area contributed by atoms with Crippen LogP contribution in [0.1, 0.15) is 317 Å². The van der Waals surface area contributed by atoms with E-state index in [1.165, 1.54) is 212 Å². The number of rotatable bonds is 51. The molecule has 0 spiro atoms. The minimum Gasteiger partial charge on any atom is -0.462 e. The first-order chi connectivity index (χ1) is 30.4. The van der Waals surface area contributed by atoms with Crippen molar-refractivity contribution in [3.05, 3.63) is 0 Å². The van der Waals surface area contributed by atoms with Crippen molar-refractivity contribution in [3.8, 4) is 0 Å². The van der Waals surface area contributed by atoms with Crippen molar-refractivity contribution in [3.63, 3.8) is 0 Å². The molecule has 0 heterocycles. The molecule has 0 aromatic rings. The third-order valence-electron chi connectivity index (χ3n) is 12.8. The predicted octanol–water partition coefficient (Wildman–Crippen LogP) is 18.2. The maximum atomic E-state index is 12.8. The minimum absolute atomic E-state index is 0.0620. The number of carbonyl (C=O) groups excluding carboxylic acids is 3. The zero-order valence-corrected chi connectivity index (χ0v) is 42.3. The Morgan fingerprint density at radius 3 is 0.790 bits per heavy atom. The van der Waals surface area contributed by atoms with Crippen LogP contribution < -0.4 is 0 Å². The van der Waals surface area contributed by atoms with E-state index in [0.29, 0.717) is 19.3 Å². The van der Waals surface area contributed by atoms with E-state index in [0.717, 1.165) is 63.7 Å². The van der Waals surface area contributed by atoms with Crippen LogP contribution in [0.5, 0.6) is 0 Å². The van der Waals surface area contributed by atoms with E-state index >= 15 is 0 Å². The SMILES string of the molecule is CCCCCCCCCCCCCCCCCC(=O)OC[C@@H](COC(=O)CCCCCCCCCCCCCCC)OC(=O)CCCCCCCCCCCCCCCC(C)C. The van der Waals surface area contributed by atoms with Gasteiger partial charge >= 0.3 is 17.9 Å². The van der Waals surface area contributed by atoms with Gasteiger partial charge in [0.1, 0.15) is 13.2 Å². The second-order valence-electron chi connectivity index (χ2n) is 19.7. The summed E-state index contributed by atoms with van der Waals surface area (Å²) in [7, 11) is 0. The van der Waals surface area contributed by atoms with E-state index in [-0.39, 0.29) is 31.1 Å². The highest BCUT2D eigenvalue weighted by molar-refractivity contribution is 5.71. The second-order valence-corrected chi connectivity index (χ2v) is 19.7. The molecule has 0 amide bonds. The highest BCUT2D eigenvalue weighted by Gasteiger charge is 2.19. The van der Waals surface area contributed by atoms with E-state index < -0.39 is 6.10 Å². The molecule has 0 aliphatic rings. The maximum absolute atomic E-state index is 12.8. The number of ether oxygens (including phenoxy) is 3. The van der Waals surface area contributed by atoms with Gasteiger partial charge in [0.2, 0.25) is 0 Å². The zero-order valence-electron chi connectivity index (χ0n) is 42.3. The lowest BCUT2D eigenvalue weighted by Crippen LogP contribution is -2.30. The van der Waals surface area contributed by atoms with Crippen molar-refractivity contribution < 1.29 is 28.6 Å². The third-order valence-corrected chi connectivity index (χ3v) is 12.8. The van der Waals surface area contributed by atoms with Crippen LogP contribution in [-0.4, -0.2) is 37.2 Å². The molecule has 1 atom stereocenters. The van der Waals surface area contributed by atoms with Gasteiger partial charge in [-0.3, -0.25) is 14.4 Å². The van der Waals surface area contributed by atoms with Crippen LogP contribution in [0.2, 0.25) is 0 Å². The molecule has 6 heteroatoms. The number of unbranched alkanes of at least 4 members (excludes halogenated alkanes) is 38. The van der Waals surface area contributed by atoms with Gasteiger partial charge in [-0.05, 0) is 25.2 Å². The molecule has 62 heavy (non-hydrogen) atoms. The van der Waals surface area contributed by atoms with Crippen LogP contribution in [0, 0.1) is 5.92 Å². The van der Waals surface area contributed by atoms with E-state index in [4.69, 9.17) is 14.2 Å². The fourth-order valence-electron chi connectivity index (χ4n) is 8.57. The van der Waals surface area contributed by atoms with Crippen molar-refractivity contribution in [1.29, 1.82) is 0 Å². The van der Waals surface area contributed by atoms with E-state index in [2.05, 4.69) is 27.7 Å². The Morgan fingerprint density at radius 2 is 0.532 bits per heavy atom. The fourth-order valence-corrected chi connectivity index (χ4v) is 8.57. The Kier molecular flexibility index (Phi) is 49.1. The summed E-state index contributed by atoms with van der Waals surface area (Å²) >= 11 is 0. The summed E-state index contributed by atoms with van der Waals surface area (Å²) in [4.78, 5) is 38.1. The topological polar surface area (TPSA) is 78.9 Å².